The van der Waals surface area contributed by atoms with Crippen LogP contribution in [0.4, 0.5) is 4.79 Å². The topological polar surface area (TPSA) is 87.2 Å². The van der Waals surface area contributed by atoms with Gasteiger partial charge in [0.15, 0.2) is 0 Å². The summed E-state index contributed by atoms with van der Waals surface area (Å²) in [5.41, 5.74) is 0.248. The van der Waals surface area contributed by atoms with Gasteiger partial charge in [-0.05, 0) is 37.2 Å². The molecule has 29 heavy (non-hydrogen) atoms. The Bertz CT molecular complexity index is 777. The summed E-state index contributed by atoms with van der Waals surface area (Å²) in [5.74, 6) is -0.289. The molecule has 3 aliphatic rings. The molecular formula is C22H28N2O5. The molecule has 7 nitrogen and oxygen atoms in total. The van der Waals surface area contributed by atoms with Crippen molar-refractivity contribution in [3.05, 3.63) is 35.9 Å². The zero-order chi connectivity index (χ0) is 20.4. The van der Waals surface area contributed by atoms with Gasteiger partial charge >= 0.3 is 12.1 Å². The maximum Gasteiger partial charge on any atom is 0.407 e. The molecule has 1 N–H and O–H groups in total. The highest BCUT2D eigenvalue weighted by Crippen LogP contribution is 2.43. The lowest BCUT2D eigenvalue weighted by atomic mass is 9.85. The summed E-state index contributed by atoms with van der Waals surface area (Å²) in [6.07, 6.45) is 4.12. The van der Waals surface area contributed by atoms with Crippen LogP contribution in [0.25, 0.3) is 0 Å². The quantitative estimate of drug-likeness (QED) is 0.768. The minimum atomic E-state index is -0.984. The van der Waals surface area contributed by atoms with Crippen molar-refractivity contribution in [3.63, 3.8) is 0 Å². The van der Waals surface area contributed by atoms with Gasteiger partial charge in [-0.1, -0.05) is 43.2 Å². The van der Waals surface area contributed by atoms with Gasteiger partial charge in [-0.2, -0.15) is 0 Å². The highest BCUT2D eigenvalue weighted by atomic mass is 16.5. The first kappa shape index (κ1) is 19.7. The van der Waals surface area contributed by atoms with Gasteiger partial charge in [0.25, 0.3) is 0 Å². The summed E-state index contributed by atoms with van der Waals surface area (Å²) in [5, 5.41) is 9.28. The van der Waals surface area contributed by atoms with Crippen molar-refractivity contribution in [2.24, 2.45) is 11.3 Å². The van der Waals surface area contributed by atoms with Gasteiger partial charge < -0.3 is 19.6 Å². The molecule has 1 aromatic rings. The average Bonchev–Trinajstić information content (AvgIpc) is 3.46. The highest BCUT2D eigenvalue weighted by molar-refractivity contribution is 5.91. The minimum absolute atomic E-state index is 0.0742. The fourth-order valence-electron chi connectivity index (χ4n) is 5.19. The zero-order valence-electron chi connectivity index (χ0n) is 16.6. The summed E-state index contributed by atoms with van der Waals surface area (Å²) < 4.78 is 5.64. The van der Waals surface area contributed by atoms with E-state index in [2.05, 4.69) is 0 Å². The highest BCUT2D eigenvalue weighted by Gasteiger charge is 2.55. The van der Waals surface area contributed by atoms with E-state index in [4.69, 9.17) is 4.74 Å². The molecule has 7 heteroatoms. The van der Waals surface area contributed by atoms with E-state index >= 15 is 0 Å². The number of carbonyl (C=O) groups excluding carboxylic acids is 2. The molecule has 156 valence electrons. The molecule has 2 atom stereocenters. The SMILES string of the molecule is O=C(OCc1ccccc1)C(C1CCCC1)N1CC[C@]2(CCN(C(=O)O)C2)C1=O. The third-order valence-corrected chi connectivity index (χ3v) is 6.82. The molecule has 1 saturated carbocycles. The first-order chi connectivity index (χ1) is 14.0. The van der Waals surface area contributed by atoms with E-state index < -0.39 is 17.6 Å². The van der Waals surface area contributed by atoms with E-state index in [1.54, 1.807) is 4.90 Å². The molecule has 0 radical (unpaired) electrons. The van der Waals surface area contributed by atoms with Crippen molar-refractivity contribution >= 4 is 18.0 Å². The average molecular weight is 400 g/mol. The molecule has 1 aromatic carbocycles. The number of rotatable bonds is 5. The van der Waals surface area contributed by atoms with Crippen LogP contribution in [-0.4, -0.2) is 58.6 Å². The molecule has 2 amide bonds. The fraction of sp³-hybridized carbons (Fsp3) is 0.591. The number of hydrogen-bond acceptors (Lipinski definition) is 4. The van der Waals surface area contributed by atoms with Gasteiger partial charge in [0.1, 0.15) is 12.6 Å². The van der Waals surface area contributed by atoms with Crippen LogP contribution in [0.5, 0.6) is 0 Å². The smallest absolute Gasteiger partial charge is 0.407 e. The van der Waals surface area contributed by atoms with Crippen molar-refractivity contribution < 1.29 is 24.2 Å². The van der Waals surface area contributed by atoms with Crippen LogP contribution in [0, 0.1) is 11.3 Å². The van der Waals surface area contributed by atoms with E-state index in [1.807, 2.05) is 30.3 Å². The van der Waals surface area contributed by atoms with Crippen LogP contribution in [-0.2, 0) is 20.9 Å². The van der Waals surface area contributed by atoms with Gasteiger partial charge in [-0.25, -0.2) is 9.59 Å². The molecule has 1 unspecified atom stereocenters. The number of hydrogen-bond donors (Lipinski definition) is 1. The Morgan fingerprint density at radius 3 is 2.48 bits per heavy atom. The number of esters is 1. The van der Waals surface area contributed by atoms with E-state index in [1.165, 1.54) is 4.90 Å². The van der Waals surface area contributed by atoms with Crippen LogP contribution in [0.1, 0.15) is 44.1 Å². The van der Waals surface area contributed by atoms with E-state index in [0.717, 1.165) is 31.2 Å². The Kier molecular flexibility index (Phi) is 5.48. The first-order valence-corrected chi connectivity index (χ1v) is 10.5. The predicted octanol–water partition coefficient (Wildman–Crippen LogP) is 2.89. The predicted molar refractivity (Wildman–Crippen MR) is 105 cm³/mol. The van der Waals surface area contributed by atoms with Gasteiger partial charge in [0.05, 0.1) is 5.41 Å². The molecule has 2 saturated heterocycles. The number of amides is 2. The normalized spacial score (nSPS) is 25.7. The molecule has 0 bridgehead atoms. The summed E-state index contributed by atoms with van der Waals surface area (Å²) in [6, 6.07) is 8.97. The second kappa shape index (κ2) is 8.05. The lowest BCUT2D eigenvalue weighted by molar-refractivity contribution is -0.159. The van der Waals surface area contributed by atoms with Gasteiger partial charge in [-0.3, -0.25) is 4.79 Å². The summed E-state index contributed by atoms with van der Waals surface area (Å²) in [4.78, 5) is 40.8. The second-order valence-electron chi connectivity index (χ2n) is 8.57. The Hall–Kier alpha value is -2.57. The second-order valence-corrected chi connectivity index (χ2v) is 8.57. The van der Waals surface area contributed by atoms with E-state index in [0.29, 0.717) is 25.9 Å². The Morgan fingerprint density at radius 2 is 1.83 bits per heavy atom. The number of nitrogens with zero attached hydrogens (tertiary/aromatic N) is 2. The molecule has 2 aliphatic heterocycles. The Balaban J connectivity index is 1.49. The number of carboxylic acid groups (broad SMARTS) is 1. The van der Waals surface area contributed by atoms with Gasteiger partial charge in [0.2, 0.25) is 5.91 Å². The number of benzene rings is 1. The molecule has 3 fully saturated rings. The van der Waals surface area contributed by atoms with Crippen LogP contribution < -0.4 is 0 Å². The largest absolute Gasteiger partial charge is 0.465 e. The number of ether oxygens (including phenoxy) is 1. The van der Waals surface area contributed by atoms with Crippen molar-refractivity contribution in [2.75, 3.05) is 19.6 Å². The molecular weight excluding hydrogens is 372 g/mol. The molecule has 4 rings (SSSR count). The summed E-state index contributed by atoms with van der Waals surface area (Å²) in [6.45, 7) is 1.30. The molecule has 1 aliphatic carbocycles. The minimum Gasteiger partial charge on any atom is -0.465 e. The van der Waals surface area contributed by atoms with Gasteiger partial charge in [0, 0.05) is 19.6 Å². The van der Waals surface area contributed by atoms with Crippen molar-refractivity contribution in [3.8, 4) is 0 Å². The molecule has 2 heterocycles. The van der Waals surface area contributed by atoms with Gasteiger partial charge in [-0.15, -0.1) is 0 Å². The van der Waals surface area contributed by atoms with Crippen LogP contribution in [0.15, 0.2) is 30.3 Å². The third-order valence-electron chi connectivity index (χ3n) is 6.82. The monoisotopic (exact) mass is 400 g/mol. The summed E-state index contributed by atoms with van der Waals surface area (Å²) in [7, 11) is 0. The van der Waals surface area contributed by atoms with Crippen molar-refractivity contribution in [1.82, 2.24) is 9.80 Å². The maximum absolute atomic E-state index is 13.4. The number of carbonyl (C=O) groups is 3. The maximum atomic E-state index is 13.4. The third kappa shape index (κ3) is 3.82. The zero-order valence-corrected chi connectivity index (χ0v) is 16.6. The molecule has 0 aromatic heterocycles. The number of likely N-dealkylation sites (tertiary alicyclic amines) is 2. The van der Waals surface area contributed by atoms with Crippen molar-refractivity contribution in [1.29, 1.82) is 0 Å². The lowest BCUT2D eigenvalue weighted by Crippen LogP contribution is -2.49. The summed E-state index contributed by atoms with van der Waals surface area (Å²) >= 11 is 0. The standard InChI is InChI=1S/C22H28N2O5/c25-19(29-14-16-6-2-1-3-7-16)18(17-8-4-5-9-17)24-13-11-22(20(24)26)10-12-23(15-22)21(27)28/h1-3,6-7,17-18H,4-5,8-15H2,(H,27,28)/t18?,22-/m0/s1. The first-order valence-electron chi connectivity index (χ1n) is 10.5. The van der Waals surface area contributed by atoms with Crippen molar-refractivity contribution in [2.45, 2.75) is 51.2 Å². The van der Waals surface area contributed by atoms with E-state index in [-0.39, 0.29) is 30.9 Å². The Labute approximate surface area is 170 Å². The lowest BCUT2D eigenvalue weighted by Gasteiger charge is -2.32. The van der Waals surface area contributed by atoms with E-state index in [9.17, 15) is 19.5 Å². The fourth-order valence-corrected chi connectivity index (χ4v) is 5.19. The Morgan fingerprint density at radius 1 is 1.14 bits per heavy atom. The van der Waals surface area contributed by atoms with Crippen LogP contribution in [0.3, 0.4) is 0 Å². The van der Waals surface area contributed by atoms with Crippen LogP contribution >= 0.6 is 0 Å². The van der Waals surface area contributed by atoms with Crippen LogP contribution in [0.2, 0.25) is 0 Å². The molecule has 1 spiro atoms.